The van der Waals surface area contributed by atoms with Crippen LogP contribution in [0.2, 0.25) is 0 Å². The van der Waals surface area contributed by atoms with Crippen molar-refractivity contribution in [3.63, 3.8) is 0 Å². The highest BCUT2D eigenvalue weighted by Gasteiger charge is 2.21. The lowest BCUT2D eigenvalue weighted by Crippen LogP contribution is -2.06. The molecule has 2 rings (SSSR count). The smallest absolute Gasteiger partial charge is 0.221 e. The van der Waals surface area contributed by atoms with Crippen LogP contribution in [0.5, 0.6) is 0 Å². The van der Waals surface area contributed by atoms with Crippen LogP contribution in [0.4, 0.5) is 5.69 Å². The summed E-state index contributed by atoms with van der Waals surface area (Å²) in [6.45, 7) is 1.49. The molecule has 0 heterocycles. The molecule has 1 atom stereocenters. The number of rotatable bonds is 1. The van der Waals surface area contributed by atoms with E-state index in [-0.39, 0.29) is 11.8 Å². The predicted octanol–water partition coefficient (Wildman–Crippen LogP) is 2.20. The lowest BCUT2D eigenvalue weighted by atomic mass is 10.0. The van der Waals surface area contributed by atoms with Gasteiger partial charge in [-0.05, 0) is 36.1 Å². The molecule has 1 N–H and O–H groups in total. The van der Waals surface area contributed by atoms with Crippen molar-refractivity contribution in [1.82, 2.24) is 0 Å². The third-order valence-electron chi connectivity index (χ3n) is 2.70. The van der Waals surface area contributed by atoms with Gasteiger partial charge in [0, 0.05) is 12.6 Å². The fourth-order valence-corrected chi connectivity index (χ4v) is 2.03. The number of benzene rings is 1. The quantitative estimate of drug-likeness (QED) is 0.755. The standard InChI is InChI=1S/C12H12N2O/c1-8(15)14-11-4-5-12-9(6-11)2-3-10(12)7-13/h4-6,10H,2-3H2,1H3,(H,14,15)/t10-/m1/s1. The van der Waals surface area contributed by atoms with Gasteiger partial charge in [-0.25, -0.2) is 0 Å². The second-order valence-corrected chi connectivity index (χ2v) is 3.82. The number of aryl methyl sites for hydroxylation is 1. The van der Waals surface area contributed by atoms with E-state index >= 15 is 0 Å². The summed E-state index contributed by atoms with van der Waals surface area (Å²) >= 11 is 0. The zero-order valence-electron chi connectivity index (χ0n) is 8.58. The van der Waals surface area contributed by atoms with E-state index in [1.54, 1.807) is 0 Å². The molecular formula is C12H12N2O. The minimum absolute atomic E-state index is 0.0337. The Morgan fingerprint density at radius 1 is 1.60 bits per heavy atom. The molecule has 0 radical (unpaired) electrons. The summed E-state index contributed by atoms with van der Waals surface area (Å²) in [5.41, 5.74) is 3.12. The van der Waals surface area contributed by atoms with Crippen LogP contribution in [0.25, 0.3) is 0 Å². The monoisotopic (exact) mass is 200 g/mol. The van der Waals surface area contributed by atoms with Crippen molar-refractivity contribution in [3.05, 3.63) is 29.3 Å². The number of hydrogen-bond acceptors (Lipinski definition) is 2. The fraction of sp³-hybridized carbons (Fsp3) is 0.333. The topological polar surface area (TPSA) is 52.9 Å². The molecule has 0 aromatic heterocycles. The van der Waals surface area contributed by atoms with Crippen molar-refractivity contribution in [2.75, 3.05) is 5.32 Å². The highest BCUT2D eigenvalue weighted by atomic mass is 16.1. The van der Waals surface area contributed by atoms with Crippen LogP contribution < -0.4 is 5.32 Å². The largest absolute Gasteiger partial charge is 0.326 e. The molecule has 3 nitrogen and oxygen atoms in total. The number of carbonyl (C=O) groups excluding carboxylic acids is 1. The summed E-state index contributed by atoms with van der Waals surface area (Å²) in [5, 5.41) is 11.7. The van der Waals surface area contributed by atoms with E-state index in [1.165, 1.54) is 12.5 Å². The highest BCUT2D eigenvalue weighted by Crippen LogP contribution is 2.33. The molecule has 1 amide bonds. The molecule has 1 aliphatic carbocycles. The van der Waals surface area contributed by atoms with Gasteiger partial charge >= 0.3 is 0 Å². The Morgan fingerprint density at radius 2 is 2.40 bits per heavy atom. The maximum Gasteiger partial charge on any atom is 0.221 e. The average molecular weight is 200 g/mol. The number of fused-ring (bicyclic) bond motifs is 1. The first-order valence-electron chi connectivity index (χ1n) is 5.00. The minimum Gasteiger partial charge on any atom is -0.326 e. The van der Waals surface area contributed by atoms with Gasteiger partial charge in [0.05, 0.1) is 12.0 Å². The average Bonchev–Trinajstić information content (AvgIpc) is 2.58. The lowest BCUT2D eigenvalue weighted by Gasteiger charge is -2.06. The third kappa shape index (κ3) is 1.84. The van der Waals surface area contributed by atoms with Gasteiger partial charge in [0.25, 0.3) is 0 Å². The normalized spacial score (nSPS) is 18.0. The summed E-state index contributed by atoms with van der Waals surface area (Å²) in [6, 6.07) is 8.06. The van der Waals surface area contributed by atoms with Crippen LogP contribution in [-0.4, -0.2) is 5.91 Å². The maximum absolute atomic E-state index is 10.9. The van der Waals surface area contributed by atoms with Gasteiger partial charge in [0.2, 0.25) is 5.91 Å². The summed E-state index contributed by atoms with van der Waals surface area (Å²) in [6.07, 6.45) is 1.83. The van der Waals surface area contributed by atoms with E-state index in [0.717, 1.165) is 24.1 Å². The van der Waals surface area contributed by atoms with Gasteiger partial charge in [0.15, 0.2) is 0 Å². The van der Waals surface area contributed by atoms with Crippen LogP contribution >= 0.6 is 0 Å². The van der Waals surface area contributed by atoms with Gasteiger partial charge in [0.1, 0.15) is 0 Å². The minimum atomic E-state index is -0.0650. The molecular weight excluding hydrogens is 188 g/mol. The number of nitriles is 1. The Hall–Kier alpha value is -1.82. The first-order valence-corrected chi connectivity index (χ1v) is 5.00. The van der Waals surface area contributed by atoms with Crippen molar-refractivity contribution in [3.8, 4) is 6.07 Å². The van der Waals surface area contributed by atoms with E-state index in [4.69, 9.17) is 5.26 Å². The van der Waals surface area contributed by atoms with Crippen molar-refractivity contribution >= 4 is 11.6 Å². The van der Waals surface area contributed by atoms with E-state index in [0.29, 0.717) is 0 Å². The van der Waals surface area contributed by atoms with Gasteiger partial charge in [-0.2, -0.15) is 5.26 Å². The number of anilines is 1. The van der Waals surface area contributed by atoms with E-state index < -0.39 is 0 Å². The third-order valence-corrected chi connectivity index (χ3v) is 2.70. The van der Waals surface area contributed by atoms with Crippen LogP contribution in [0, 0.1) is 11.3 Å². The fourth-order valence-electron chi connectivity index (χ4n) is 2.03. The van der Waals surface area contributed by atoms with Crippen LogP contribution in [0.3, 0.4) is 0 Å². The van der Waals surface area contributed by atoms with E-state index in [2.05, 4.69) is 11.4 Å². The van der Waals surface area contributed by atoms with E-state index in [9.17, 15) is 4.79 Å². The number of nitrogens with one attached hydrogen (secondary N) is 1. The second-order valence-electron chi connectivity index (χ2n) is 3.82. The van der Waals surface area contributed by atoms with E-state index in [1.807, 2.05) is 18.2 Å². The Bertz CT molecular complexity index is 445. The molecule has 1 aliphatic rings. The molecule has 1 aromatic rings. The molecule has 1 aromatic carbocycles. The van der Waals surface area contributed by atoms with Crippen LogP contribution in [0.1, 0.15) is 30.4 Å². The summed E-state index contributed by atoms with van der Waals surface area (Å²) in [7, 11) is 0. The molecule has 0 aliphatic heterocycles. The van der Waals surface area contributed by atoms with Crippen molar-refractivity contribution < 1.29 is 4.79 Å². The zero-order chi connectivity index (χ0) is 10.8. The van der Waals surface area contributed by atoms with Crippen molar-refractivity contribution in [1.29, 1.82) is 5.26 Å². The second kappa shape index (κ2) is 3.74. The first kappa shape index (κ1) is 9.72. The Balaban J connectivity index is 2.30. The van der Waals surface area contributed by atoms with Crippen molar-refractivity contribution in [2.24, 2.45) is 0 Å². The number of amides is 1. The molecule has 0 unspecified atom stereocenters. The lowest BCUT2D eigenvalue weighted by molar-refractivity contribution is -0.114. The SMILES string of the molecule is CC(=O)Nc1ccc2c(c1)CC[C@@H]2C#N. The molecule has 0 spiro atoms. The number of hydrogen-bond donors (Lipinski definition) is 1. The van der Waals surface area contributed by atoms with Gasteiger partial charge in [-0.3, -0.25) is 4.79 Å². The molecule has 15 heavy (non-hydrogen) atoms. The number of nitrogens with zero attached hydrogens (tertiary/aromatic N) is 1. The maximum atomic E-state index is 10.9. The van der Waals surface area contributed by atoms with Gasteiger partial charge < -0.3 is 5.32 Å². The molecule has 76 valence electrons. The summed E-state index contributed by atoms with van der Waals surface area (Å²) in [5.74, 6) is -0.0313. The summed E-state index contributed by atoms with van der Waals surface area (Å²) in [4.78, 5) is 10.9. The zero-order valence-corrected chi connectivity index (χ0v) is 8.58. The van der Waals surface area contributed by atoms with Crippen LogP contribution in [-0.2, 0) is 11.2 Å². The Labute approximate surface area is 88.7 Å². The highest BCUT2D eigenvalue weighted by molar-refractivity contribution is 5.88. The molecule has 0 fully saturated rings. The van der Waals surface area contributed by atoms with Crippen molar-refractivity contribution in [2.45, 2.75) is 25.7 Å². The Kier molecular flexibility index (Phi) is 2.42. The summed E-state index contributed by atoms with van der Waals surface area (Å²) < 4.78 is 0. The van der Waals surface area contributed by atoms with Gasteiger partial charge in [-0.15, -0.1) is 0 Å². The molecule has 3 heteroatoms. The molecule has 0 saturated heterocycles. The predicted molar refractivity (Wildman–Crippen MR) is 57.4 cm³/mol. The first-order chi connectivity index (χ1) is 7.20. The van der Waals surface area contributed by atoms with Gasteiger partial charge in [-0.1, -0.05) is 6.07 Å². The Morgan fingerprint density at radius 3 is 3.07 bits per heavy atom. The van der Waals surface area contributed by atoms with Crippen LogP contribution in [0.15, 0.2) is 18.2 Å². The molecule has 0 bridgehead atoms. The number of carbonyl (C=O) groups is 1. The molecule has 0 saturated carbocycles.